The number of hydrogen-bond acceptors (Lipinski definition) is 4. The van der Waals surface area contributed by atoms with Crippen LogP contribution < -0.4 is 9.46 Å². The van der Waals surface area contributed by atoms with Gasteiger partial charge in [0, 0.05) is 40.6 Å². The molecule has 4 rings (SSSR count). The summed E-state index contributed by atoms with van der Waals surface area (Å²) < 4.78 is 38.2. The quantitative estimate of drug-likeness (QED) is 0.444. The molecule has 0 spiro atoms. The van der Waals surface area contributed by atoms with Gasteiger partial charge in [0.05, 0.1) is 11.8 Å². The Morgan fingerprint density at radius 2 is 1.97 bits per heavy atom. The zero-order valence-electron chi connectivity index (χ0n) is 18.4. The lowest BCUT2D eigenvalue weighted by Gasteiger charge is -2.18. The Morgan fingerprint density at radius 1 is 1.24 bits per heavy atom. The van der Waals surface area contributed by atoms with Crippen molar-refractivity contribution in [3.8, 4) is 5.75 Å². The summed E-state index contributed by atoms with van der Waals surface area (Å²) in [4.78, 5) is 11.3. The Hall–Kier alpha value is -2.56. The van der Waals surface area contributed by atoms with Gasteiger partial charge in [-0.25, -0.2) is 0 Å². The van der Waals surface area contributed by atoms with Crippen molar-refractivity contribution in [2.75, 3.05) is 17.8 Å². The average Bonchev–Trinajstić information content (AvgIpc) is 3.34. The molecule has 8 nitrogen and oxygen atoms in total. The van der Waals surface area contributed by atoms with Crippen molar-refractivity contribution in [3.05, 3.63) is 58.7 Å². The highest BCUT2D eigenvalue weighted by molar-refractivity contribution is 9.10. The van der Waals surface area contributed by atoms with E-state index in [1.165, 1.54) is 4.31 Å². The smallest absolute Gasteiger partial charge is 0.323 e. The third-order valence-corrected chi connectivity index (χ3v) is 7.58. The Bertz CT molecular complexity index is 1270. The standard InChI is InChI=1S/C23H26BrN3O5S/c1-15(2)32-19-6-4-18(5-7-19)25-33(30,31)27-10-9-16(12-27)21-13-26(14-23(28)29)22-11-17(24)3-8-20(21)22/h3-8,11,13,15-16,25H,9-10,12,14H2,1-2H3,(H,28,29). The molecule has 0 bridgehead atoms. The van der Waals surface area contributed by atoms with E-state index in [1.807, 2.05) is 38.2 Å². The molecule has 1 unspecified atom stereocenters. The van der Waals surface area contributed by atoms with Crippen molar-refractivity contribution >= 4 is 48.7 Å². The van der Waals surface area contributed by atoms with E-state index in [4.69, 9.17) is 4.74 Å². The molecule has 176 valence electrons. The molecule has 2 N–H and O–H groups in total. The summed E-state index contributed by atoms with van der Waals surface area (Å²) in [5.74, 6) is -0.274. The van der Waals surface area contributed by atoms with Crippen molar-refractivity contribution < 1.29 is 23.1 Å². The molecule has 1 aliphatic heterocycles. The fourth-order valence-electron chi connectivity index (χ4n) is 4.18. The number of carbonyl (C=O) groups is 1. The molecule has 0 aliphatic carbocycles. The van der Waals surface area contributed by atoms with Gasteiger partial charge >= 0.3 is 16.2 Å². The number of ether oxygens (including phenoxy) is 1. The predicted octanol–water partition coefficient (Wildman–Crippen LogP) is 4.42. The van der Waals surface area contributed by atoms with Gasteiger partial charge in [-0.2, -0.15) is 12.7 Å². The number of fused-ring (bicyclic) bond motifs is 1. The highest BCUT2D eigenvalue weighted by atomic mass is 79.9. The summed E-state index contributed by atoms with van der Waals surface area (Å²) in [6.45, 7) is 4.42. The number of hydrogen-bond donors (Lipinski definition) is 2. The minimum Gasteiger partial charge on any atom is -0.491 e. The monoisotopic (exact) mass is 535 g/mol. The van der Waals surface area contributed by atoms with Crippen LogP contribution in [0.2, 0.25) is 0 Å². The van der Waals surface area contributed by atoms with E-state index < -0.39 is 16.2 Å². The van der Waals surface area contributed by atoms with Gasteiger partial charge in [0.25, 0.3) is 0 Å². The first kappa shape index (κ1) is 23.6. The molecule has 0 amide bonds. The van der Waals surface area contributed by atoms with Crippen LogP contribution in [0.4, 0.5) is 5.69 Å². The van der Waals surface area contributed by atoms with E-state index in [9.17, 15) is 18.3 Å². The third-order valence-electron chi connectivity index (χ3n) is 5.58. The van der Waals surface area contributed by atoms with Gasteiger partial charge in [-0.1, -0.05) is 22.0 Å². The summed E-state index contributed by atoms with van der Waals surface area (Å²) in [5.41, 5.74) is 2.24. The molecule has 3 aromatic rings. The minimum atomic E-state index is -3.73. The lowest BCUT2D eigenvalue weighted by molar-refractivity contribution is -0.137. The zero-order valence-corrected chi connectivity index (χ0v) is 20.8. The molecule has 1 aliphatic rings. The van der Waals surface area contributed by atoms with Crippen LogP contribution in [0, 0.1) is 0 Å². The zero-order chi connectivity index (χ0) is 23.8. The van der Waals surface area contributed by atoms with Gasteiger partial charge in [0.1, 0.15) is 12.3 Å². The van der Waals surface area contributed by atoms with Gasteiger partial charge in [-0.15, -0.1) is 0 Å². The Balaban J connectivity index is 1.52. The molecule has 1 fully saturated rings. The predicted molar refractivity (Wildman–Crippen MR) is 131 cm³/mol. The van der Waals surface area contributed by atoms with Crippen LogP contribution in [0.25, 0.3) is 10.9 Å². The number of nitrogens with one attached hydrogen (secondary N) is 1. The first-order valence-electron chi connectivity index (χ1n) is 10.7. The van der Waals surface area contributed by atoms with Crippen LogP contribution >= 0.6 is 15.9 Å². The highest BCUT2D eigenvalue weighted by Gasteiger charge is 2.33. The molecule has 1 saturated heterocycles. The third kappa shape index (κ3) is 5.34. The summed E-state index contributed by atoms with van der Waals surface area (Å²) in [7, 11) is -3.73. The Kier molecular flexibility index (Phi) is 6.69. The molecule has 2 aromatic carbocycles. The van der Waals surface area contributed by atoms with E-state index in [2.05, 4.69) is 20.7 Å². The second-order valence-corrected chi connectivity index (χ2v) is 11.0. The lowest BCUT2D eigenvalue weighted by atomic mass is 9.98. The maximum Gasteiger partial charge on any atom is 0.323 e. The fourth-order valence-corrected chi connectivity index (χ4v) is 5.82. The molecule has 10 heteroatoms. The fraction of sp³-hybridized carbons (Fsp3) is 0.348. The van der Waals surface area contributed by atoms with Crippen LogP contribution in [0.5, 0.6) is 5.75 Å². The van der Waals surface area contributed by atoms with Gasteiger partial charge in [-0.3, -0.25) is 9.52 Å². The Labute approximate surface area is 201 Å². The maximum absolute atomic E-state index is 13.0. The van der Waals surface area contributed by atoms with E-state index >= 15 is 0 Å². The first-order valence-corrected chi connectivity index (χ1v) is 12.9. The van der Waals surface area contributed by atoms with Crippen molar-refractivity contribution in [1.29, 1.82) is 0 Å². The largest absolute Gasteiger partial charge is 0.491 e. The molecular formula is C23H26BrN3O5S. The van der Waals surface area contributed by atoms with Crippen molar-refractivity contribution in [3.63, 3.8) is 0 Å². The molecule has 0 radical (unpaired) electrons. The summed E-state index contributed by atoms with van der Waals surface area (Å²) in [5, 5.41) is 10.2. The normalized spacial score (nSPS) is 17.0. The summed E-state index contributed by atoms with van der Waals surface area (Å²) >= 11 is 3.44. The maximum atomic E-state index is 13.0. The first-order chi connectivity index (χ1) is 15.6. The SMILES string of the molecule is CC(C)Oc1ccc(NS(=O)(=O)N2CCC(c3cn(CC(=O)O)c4cc(Br)ccc34)C2)cc1. The van der Waals surface area contributed by atoms with E-state index in [0.717, 1.165) is 20.9 Å². The number of anilines is 1. The molecule has 33 heavy (non-hydrogen) atoms. The average molecular weight is 536 g/mol. The lowest BCUT2D eigenvalue weighted by Crippen LogP contribution is -2.33. The van der Waals surface area contributed by atoms with Crippen LogP contribution in [0.15, 0.2) is 53.1 Å². The number of aliphatic carboxylic acids is 1. The van der Waals surface area contributed by atoms with Gasteiger partial charge in [-0.05, 0) is 62.2 Å². The van der Waals surface area contributed by atoms with Crippen molar-refractivity contribution in [1.82, 2.24) is 8.87 Å². The van der Waals surface area contributed by atoms with Crippen LogP contribution in [0.1, 0.15) is 31.7 Å². The number of aromatic nitrogens is 1. The molecule has 2 heterocycles. The van der Waals surface area contributed by atoms with Gasteiger partial charge in [0.2, 0.25) is 0 Å². The number of benzene rings is 2. The van der Waals surface area contributed by atoms with Crippen LogP contribution in [-0.2, 0) is 21.5 Å². The van der Waals surface area contributed by atoms with E-state index in [0.29, 0.717) is 30.9 Å². The van der Waals surface area contributed by atoms with Crippen molar-refractivity contribution in [2.45, 2.75) is 38.8 Å². The minimum absolute atomic E-state index is 0.0258. The number of nitrogens with zero attached hydrogens (tertiary/aromatic N) is 2. The summed E-state index contributed by atoms with van der Waals surface area (Å²) in [6.07, 6.45) is 2.54. The van der Waals surface area contributed by atoms with Gasteiger partial charge < -0.3 is 14.4 Å². The number of rotatable bonds is 8. The highest BCUT2D eigenvalue weighted by Crippen LogP contribution is 2.36. The molecule has 1 atom stereocenters. The summed E-state index contributed by atoms with van der Waals surface area (Å²) in [6, 6.07) is 12.6. The Morgan fingerprint density at radius 3 is 2.64 bits per heavy atom. The second kappa shape index (κ2) is 9.36. The molecule has 1 aromatic heterocycles. The number of carboxylic acid groups (broad SMARTS) is 1. The van der Waals surface area contributed by atoms with Crippen molar-refractivity contribution in [2.24, 2.45) is 0 Å². The van der Waals surface area contributed by atoms with Crippen LogP contribution in [0.3, 0.4) is 0 Å². The van der Waals surface area contributed by atoms with Crippen LogP contribution in [-0.4, -0.2) is 47.6 Å². The van der Waals surface area contributed by atoms with E-state index in [-0.39, 0.29) is 18.6 Å². The topological polar surface area (TPSA) is 101 Å². The van der Waals surface area contributed by atoms with E-state index in [1.54, 1.807) is 28.8 Å². The number of halogens is 1. The number of carboxylic acids is 1. The second-order valence-electron chi connectivity index (χ2n) is 8.41. The molecule has 0 saturated carbocycles. The molecular weight excluding hydrogens is 510 g/mol. The van der Waals surface area contributed by atoms with Gasteiger partial charge in [0.15, 0.2) is 0 Å².